The summed E-state index contributed by atoms with van der Waals surface area (Å²) >= 11 is 5.91. The van der Waals surface area contributed by atoms with Crippen LogP contribution in [0.15, 0.2) is 90.0 Å². The second-order valence-electron chi connectivity index (χ2n) is 9.73. The Morgan fingerprint density at radius 1 is 0.950 bits per heavy atom. The Bertz CT molecular complexity index is 1500. The van der Waals surface area contributed by atoms with E-state index in [-0.39, 0.29) is 11.8 Å². The van der Waals surface area contributed by atoms with Gasteiger partial charge in [0, 0.05) is 10.6 Å². The van der Waals surface area contributed by atoms with Gasteiger partial charge in [-0.25, -0.2) is 5.43 Å². The number of amides is 2. The summed E-state index contributed by atoms with van der Waals surface area (Å²) in [7, 11) is 1.57. The molecule has 0 spiro atoms. The first-order valence-corrected chi connectivity index (χ1v) is 13.4. The molecule has 0 radical (unpaired) electrons. The van der Waals surface area contributed by atoms with E-state index >= 15 is 0 Å². The lowest BCUT2D eigenvalue weighted by Crippen LogP contribution is -2.46. The molecule has 2 N–H and O–H groups in total. The predicted octanol–water partition coefficient (Wildman–Crippen LogP) is 6.38. The molecule has 2 amide bonds. The van der Waals surface area contributed by atoms with Crippen molar-refractivity contribution in [2.24, 2.45) is 11.0 Å². The van der Waals surface area contributed by atoms with Gasteiger partial charge in [0.1, 0.15) is 12.6 Å². The first kappa shape index (κ1) is 28.6. The number of ether oxygens (including phenoxy) is 2. The third-order valence-electron chi connectivity index (χ3n) is 6.27. The van der Waals surface area contributed by atoms with E-state index in [9.17, 15) is 9.59 Å². The molecule has 7 nitrogen and oxygen atoms in total. The smallest absolute Gasteiger partial charge is 0.262 e. The lowest BCUT2D eigenvalue weighted by atomic mass is 10.0. The van der Waals surface area contributed by atoms with Crippen LogP contribution in [-0.2, 0) is 11.4 Å². The monoisotopic (exact) mass is 557 g/mol. The molecule has 0 aliphatic rings. The molecule has 0 bridgehead atoms. The van der Waals surface area contributed by atoms with Crippen LogP contribution < -0.4 is 20.2 Å². The van der Waals surface area contributed by atoms with Crippen LogP contribution in [0.2, 0.25) is 5.02 Å². The van der Waals surface area contributed by atoms with E-state index in [2.05, 4.69) is 34.0 Å². The Balaban J connectivity index is 1.39. The van der Waals surface area contributed by atoms with Gasteiger partial charge in [-0.15, -0.1) is 0 Å². The van der Waals surface area contributed by atoms with Crippen molar-refractivity contribution in [1.29, 1.82) is 0 Å². The molecular formula is C32H32ClN3O4. The lowest BCUT2D eigenvalue weighted by molar-refractivity contribution is -0.123. The number of hydrogen-bond acceptors (Lipinski definition) is 5. The van der Waals surface area contributed by atoms with Crippen LogP contribution >= 0.6 is 11.6 Å². The zero-order valence-electron chi connectivity index (χ0n) is 22.7. The van der Waals surface area contributed by atoms with Crippen molar-refractivity contribution >= 4 is 40.4 Å². The van der Waals surface area contributed by atoms with Gasteiger partial charge in [0.25, 0.3) is 11.8 Å². The highest BCUT2D eigenvalue weighted by atomic mass is 35.5. The number of nitrogens with zero attached hydrogens (tertiary/aromatic N) is 1. The van der Waals surface area contributed by atoms with Crippen molar-refractivity contribution in [2.45, 2.75) is 32.9 Å². The van der Waals surface area contributed by atoms with Crippen molar-refractivity contribution in [1.82, 2.24) is 10.7 Å². The molecule has 206 valence electrons. The van der Waals surface area contributed by atoms with Gasteiger partial charge in [0.05, 0.1) is 13.3 Å². The van der Waals surface area contributed by atoms with Gasteiger partial charge in [-0.05, 0) is 76.7 Å². The third kappa shape index (κ3) is 7.61. The van der Waals surface area contributed by atoms with Crippen molar-refractivity contribution in [2.75, 3.05) is 7.11 Å². The summed E-state index contributed by atoms with van der Waals surface area (Å²) < 4.78 is 11.6. The summed E-state index contributed by atoms with van der Waals surface area (Å²) in [6.07, 6.45) is 1.97. The van der Waals surface area contributed by atoms with Crippen LogP contribution in [0.25, 0.3) is 10.8 Å². The number of carbonyl (C=O) groups excluding carboxylic acids is 2. The summed E-state index contributed by atoms with van der Waals surface area (Å²) in [5.41, 5.74) is 4.75. The second-order valence-corrected chi connectivity index (χ2v) is 10.2. The van der Waals surface area contributed by atoms with Crippen LogP contribution in [0.4, 0.5) is 0 Å². The fourth-order valence-electron chi connectivity index (χ4n) is 4.25. The molecule has 0 saturated carbocycles. The van der Waals surface area contributed by atoms with Crippen LogP contribution in [0.5, 0.6) is 11.5 Å². The normalized spacial score (nSPS) is 11.9. The number of halogens is 1. The minimum atomic E-state index is -0.750. The fourth-order valence-corrected chi connectivity index (χ4v) is 4.38. The Hall–Kier alpha value is -4.36. The lowest BCUT2D eigenvalue weighted by Gasteiger charge is -2.19. The summed E-state index contributed by atoms with van der Waals surface area (Å²) in [5.74, 6) is 0.553. The molecule has 0 fully saturated rings. The summed E-state index contributed by atoms with van der Waals surface area (Å²) in [6, 6.07) is 25.5. The van der Waals surface area contributed by atoms with E-state index in [0.717, 1.165) is 16.3 Å². The molecule has 0 saturated heterocycles. The second kappa shape index (κ2) is 13.6. The maximum absolute atomic E-state index is 12.9. The summed E-state index contributed by atoms with van der Waals surface area (Å²) in [4.78, 5) is 25.5. The molecule has 0 aliphatic carbocycles. The largest absolute Gasteiger partial charge is 0.493 e. The van der Waals surface area contributed by atoms with Crippen LogP contribution in [0.3, 0.4) is 0 Å². The summed E-state index contributed by atoms with van der Waals surface area (Å²) in [6.45, 7) is 4.35. The topological polar surface area (TPSA) is 89.0 Å². The van der Waals surface area contributed by atoms with Crippen molar-refractivity contribution in [3.8, 4) is 11.5 Å². The number of methoxy groups -OCH3 is 1. The molecule has 4 aromatic rings. The Labute approximate surface area is 239 Å². The van der Waals surface area contributed by atoms with Crippen LogP contribution in [0.1, 0.15) is 41.8 Å². The molecule has 40 heavy (non-hydrogen) atoms. The number of nitrogens with one attached hydrogen (secondary N) is 2. The fraction of sp³-hybridized carbons (Fsp3) is 0.219. The molecule has 0 aliphatic heterocycles. The SMILES string of the molecule is COc1cc(C=NNC(=O)C(CC(C)C)NC(=O)c2ccc(Cl)cc2)ccc1OCc1cccc2ccccc12. The van der Waals surface area contributed by atoms with Crippen LogP contribution in [0, 0.1) is 5.92 Å². The average Bonchev–Trinajstić information content (AvgIpc) is 2.96. The van der Waals surface area contributed by atoms with Gasteiger partial charge in [0.15, 0.2) is 11.5 Å². The highest BCUT2D eigenvalue weighted by Gasteiger charge is 2.22. The Kier molecular flexibility index (Phi) is 9.76. The van der Waals surface area contributed by atoms with E-state index in [1.54, 1.807) is 43.5 Å². The van der Waals surface area contributed by atoms with E-state index in [4.69, 9.17) is 21.1 Å². The van der Waals surface area contributed by atoms with Gasteiger partial charge in [0.2, 0.25) is 0 Å². The summed E-state index contributed by atoms with van der Waals surface area (Å²) in [5, 5.41) is 9.73. The van der Waals surface area contributed by atoms with Gasteiger partial charge >= 0.3 is 0 Å². The van der Waals surface area contributed by atoms with E-state index < -0.39 is 11.9 Å². The van der Waals surface area contributed by atoms with Crippen molar-refractivity contribution in [3.63, 3.8) is 0 Å². The molecule has 0 aromatic heterocycles. The highest BCUT2D eigenvalue weighted by molar-refractivity contribution is 6.30. The molecular weight excluding hydrogens is 526 g/mol. The molecule has 1 unspecified atom stereocenters. The Morgan fingerprint density at radius 3 is 2.45 bits per heavy atom. The predicted molar refractivity (Wildman–Crippen MR) is 159 cm³/mol. The number of benzene rings is 4. The molecule has 4 aromatic carbocycles. The van der Waals surface area contributed by atoms with Crippen LogP contribution in [-0.4, -0.2) is 31.2 Å². The van der Waals surface area contributed by atoms with Crippen molar-refractivity contribution < 1.29 is 19.1 Å². The van der Waals surface area contributed by atoms with Crippen molar-refractivity contribution in [3.05, 3.63) is 107 Å². The number of hydrogen-bond donors (Lipinski definition) is 2. The molecule has 1 atom stereocenters. The molecule has 0 heterocycles. The first-order valence-electron chi connectivity index (χ1n) is 13.0. The number of hydrazone groups is 1. The van der Waals surface area contributed by atoms with E-state index in [1.807, 2.05) is 44.2 Å². The molecule has 4 rings (SSSR count). The maximum Gasteiger partial charge on any atom is 0.262 e. The standard InChI is InChI=1S/C32H32ClN3O4/c1-21(2)17-28(35-31(37)24-12-14-26(33)15-13-24)32(38)36-34-19-22-11-16-29(30(18-22)39-3)40-20-25-9-6-8-23-7-4-5-10-27(23)25/h4-16,18-19,21,28H,17,20H2,1-3H3,(H,35,37)(H,36,38). The zero-order chi connectivity index (χ0) is 28.5. The molecule has 8 heteroatoms. The maximum atomic E-state index is 12.9. The van der Waals surface area contributed by atoms with E-state index in [0.29, 0.717) is 40.7 Å². The first-order chi connectivity index (χ1) is 19.3. The number of carbonyl (C=O) groups is 2. The quantitative estimate of drug-likeness (QED) is 0.165. The van der Waals surface area contributed by atoms with E-state index in [1.165, 1.54) is 6.21 Å². The minimum Gasteiger partial charge on any atom is -0.493 e. The minimum absolute atomic E-state index is 0.177. The average molecular weight is 558 g/mol. The van der Waals surface area contributed by atoms with Gasteiger partial charge in [-0.2, -0.15) is 5.10 Å². The van der Waals surface area contributed by atoms with Gasteiger partial charge in [-0.1, -0.05) is 67.9 Å². The Morgan fingerprint density at radius 2 is 1.70 bits per heavy atom. The third-order valence-corrected chi connectivity index (χ3v) is 6.53. The van der Waals surface area contributed by atoms with Gasteiger partial charge < -0.3 is 14.8 Å². The van der Waals surface area contributed by atoms with Gasteiger partial charge in [-0.3, -0.25) is 9.59 Å². The number of rotatable bonds is 11. The zero-order valence-corrected chi connectivity index (χ0v) is 23.4. The highest BCUT2D eigenvalue weighted by Crippen LogP contribution is 2.29. The number of fused-ring (bicyclic) bond motifs is 1.